The summed E-state index contributed by atoms with van der Waals surface area (Å²) in [4.78, 5) is 0. The number of benzene rings is 2. The van der Waals surface area contributed by atoms with Crippen LogP contribution in [0.4, 0.5) is 5.69 Å². The van der Waals surface area contributed by atoms with Crippen molar-refractivity contribution in [3.8, 4) is 16.9 Å². The number of halogens is 1. The molecule has 0 saturated carbocycles. The van der Waals surface area contributed by atoms with Crippen molar-refractivity contribution in [1.82, 2.24) is 0 Å². The van der Waals surface area contributed by atoms with Gasteiger partial charge in [-0.05, 0) is 60.4 Å². The Morgan fingerprint density at radius 3 is 2.39 bits per heavy atom. The van der Waals surface area contributed by atoms with E-state index < -0.39 is 0 Å². The highest BCUT2D eigenvalue weighted by Crippen LogP contribution is 2.32. The van der Waals surface area contributed by atoms with E-state index in [4.69, 9.17) is 22.1 Å². The average molecular weight is 262 g/mol. The fourth-order valence-corrected chi connectivity index (χ4v) is 2.20. The summed E-state index contributed by atoms with van der Waals surface area (Å²) in [6, 6.07) is 9.85. The zero-order valence-corrected chi connectivity index (χ0v) is 11.5. The van der Waals surface area contributed by atoms with Crippen molar-refractivity contribution < 1.29 is 4.74 Å². The lowest BCUT2D eigenvalue weighted by Gasteiger charge is -2.12. The molecule has 2 N–H and O–H groups in total. The van der Waals surface area contributed by atoms with Gasteiger partial charge in [-0.3, -0.25) is 0 Å². The van der Waals surface area contributed by atoms with Crippen LogP contribution in [0.15, 0.2) is 30.3 Å². The molecule has 0 fully saturated rings. The van der Waals surface area contributed by atoms with Crippen molar-refractivity contribution in [3.63, 3.8) is 0 Å². The van der Waals surface area contributed by atoms with E-state index in [-0.39, 0.29) is 0 Å². The Morgan fingerprint density at radius 2 is 1.78 bits per heavy atom. The van der Waals surface area contributed by atoms with Gasteiger partial charge in [0.1, 0.15) is 5.75 Å². The van der Waals surface area contributed by atoms with Crippen LogP contribution in [0, 0.1) is 13.8 Å². The molecule has 18 heavy (non-hydrogen) atoms. The van der Waals surface area contributed by atoms with Crippen molar-refractivity contribution in [2.45, 2.75) is 13.8 Å². The molecule has 94 valence electrons. The Morgan fingerprint density at radius 1 is 1.06 bits per heavy atom. The summed E-state index contributed by atoms with van der Waals surface area (Å²) in [5.74, 6) is 0.901. The second kappa shape index (κ2) is 4.91. The Kier molecular flexibility index (Phi) is 3.48. The van der Waals surface area contributed by atoms with Gasteiger partial charge in [-0.2, -0.15) is 0 Å². The molecule has 0 bridgehead atoms. The first kappa shape index (κ1) is 12.8. The number of rotatable bonds is 2. The summed E-state index contributed by atoms with van der Waals surface area (Å²) in [5, 5.41) is 0.584. The monoisotopic (exact) mass is 261 g/mol. The zero-order chi connectivity index (χ0) is 13.3. The van der Waals surface area contributed by atoms with Gasteiger partial charge < -0.3 is 10.5 Å². The predicted molar refractivity (Wildman–Crippen MR) is 77.3 cm³/mol. The van der Waals surface area contributed by atoms with Crippen molar-refractivity contribution in [1.29, 1.82) is 0 Å². The first-order chi connectivity index (χ1) is 8.52. The molecule has 0 aromatic heterocycles. The summed E-state index contributed by atoms with van der Waals surface area (Å²) >= 11 is 6.06. The molecule has 2 rings (SSSR count). The van der Waals surface area contributed by atoms with E-state index in [2.05, 4.69) is 13.0 Å². The van der Waals surface area contributed by atoms with Gasteiger partial charge in [0.05, 0.1) is 17.8 Å². The number of hydrogen-bond acceptors (Lipinski definition) is 2. The van der Waals surface area contributed by atoms with Gasteiger partial charge in [0.2, 0.25) is 0 Å². The van der Waals surface area contributed by atoms with Crippen LogP contribution in [0.1, 0.15) is 11.1 Å². The molecule has 2 nitrogen and oxygen atoms in total. The zero-order valence-electron chi connectivity index (χ0n) is 10.8. The van der Waals surface area contributed by atoms with Gasteiger partial charge in [-0.25, -0.2) is 0 Å². The molecule has 0 spiro atoms. The van der Waals surface area contributed by atoms with Crippen molar-refractivity contribution >= 4 is 17.3 Å². The summed E-state index contributed by atoms with van der Waals surface area (Å²) in [6.07, 6.45) is 0. The molecule has 0 atom stereocenters. The van der Waals surface area contributed by atoms with Gasteiger partial charge in [0.25, 0.3) is 0 Å². The lowest BCUT2D eigenvalue weighted by molar-refractivity contribution is 0.411. The fraction of sp³-hybridized carbons (Fsp3) is 0.200. The van der Waals surface area contributed by atoms with Crippen molar-refractivity contribution in [3.05, 3.63) is 46.5 Å². The van der Waals surface area contributed by atoms with Crippen LogP contribution < -0.4 is 10.5 Å². The highest BCUT2D eigenvalue weighted by atomic mass is 35.5. The molecular formula is C15H16ClNO. The normalized spacial score (nSPS) is 10.4. The third-order valence-corrected chi connectivity index (χ3v) is 3.38. The predicted octanol–water partition coefficient (Wildman–Crippen LogP) is 4.21. The standard InChI is InChI=1S/C15H16ClNO/c1-9-7-15(18-3)10(2)6-12(9)11-4-5-14(17)13(16)8-11/h4-8H,17H2,1-3H3. The molecule has 2 aromatic carbocycles. The third-order valence-electron chi connectivity index (χ3n) is 3.05. The second-order valence-electron chi connectivity index (χ2n) is 4.37. The molecule has 2 aromatic rings. The SMILES string of the molecule is COc1cc(C)c(-c2ccc(N)c(Cl)c2)cc1C. The number of nitrogens with two attached hydrogens (primary N) is 1. The van der Waals surface area contributed by atoms with Gasteiger partial charge >= 0.3 is 0 Å². The molecule has 0 radical (unpaired) electrons. The number of nitrogen functional groups attached to an aromatic ring is 1. The highest BCUT2D eigenvalue weighted by molar-refractivity contribution is 6.33. The minimum absolute atomic E-state index is 0.584. The number of hydrogen-bond donors (Lipinski definition) is 1. The summed E-state index contributed by atoms with van der Waals surface area (Å²) < 4.78 is 5.31. The molecule has 0 amide bonds. The highest BCUT2D eigenvalue weighted by Gasteiger charge is 2.08. The van der Waals surface area contributed by atoms with E-state index in [0.717, 1.165) is 28.0 Å². The molecule has 0 aliphatic carbocycles. The lowest BCUT2D eigenvalue weighted by atomic mass is 9.97. The topological polar surface area (TPSA) is 35.2 Å². The van der Waals surface area contributed by atoms with E-state index in [1.807, 2.05) is 31.2 Å². The molecule has 0 saturated heterocycles. The van der Waals surface area contributed by atoms with Gasteiger partial charge in [0, 0.05) is 0 Å². The molecule has 0 aliphatic heterocycles. The van der Waals surface area contributed by atoms with Crippen LogP contribution in [0.5, 0.6) is 5.75 Å². The molecule has 0 unspecified atom stereocenters. The second-order valence-corrected chi connectivity index (χ2v) is 4.78. The maximum absolute atomic E-state index is 6.06. The largest absolute Gasteiger partial charge is 0.496 e. The number of ether oxygens (including phenoxy) is 1. The van der Waals surface area contributed by atoms with E-state index in [0.29, 0.717) is 10.7 Å². The third kappa shape index (κ3) is 2.29. The fourth-order valence-electron chi connectivity index (χ4n) is 2.02. The molecule has 0 heterocycles. The first-order valence-corrected chi connectivity index (χ1v) is 6.11. The number of aryl methyl sites for hydroxylation is 2. The van der Waals surface area contributed by atoms with Crippen LogP contribution >= 0.6 is 11.6 Å². The van der Waals surface area contributed by atoms with E-state index in [9.17, 15) is 0 Å². The van der Waals surface area contributed by atoms with Gasteiger partial charge in [-0.1, -0.05) is 17.7 Å². The Labute approximate surface area is 112 Å². The van der Waals surface area contributed by atoms with Gasteiger partial charge in [-0.15, -0.1) is 0 Å². The Balaban J connectivity index is 2.57. The maximum Gasteiger partial charge on any atom is 0.122 e. The van der Waals surface area contributed by atoms with Crippen LogP contribution in [0.25, 0.3) is 11.1 Å². The van der Waals surface area contributed by atoms with Crippen LogP contribution in [0.3, 0.4) is 0 Å². The summed E-state index contributed by atoms with van der Waals surface area (Å²) in [5.41, 5.74) is 10.8. The summed E-state index contributed by atoms with van der Waals surface area (Å²) in [7, 11) is 1.68. The van der Waals surface area contributed by atoms with Gasteiger partial charge in [0.15, 0.2) is 0 Å². The molecule has 3 heteroatoms. The first-order valence-electron chi connectivity index (χ1n) is 5.73. The minimum atomic E-state index is 0.584. The lowest BCUT2D eigenvalue weighted by Crippen LogP contribution is -1.92. The van der Waals surface area contributed by atoms with Crippen molar-refractivity contribution in [2.24, 2.45) is 0 Å². The quantitative estimate of drug-likeness (QED) is 0.822. The molecule has 0 aliphatic rings. The summed E-state index contributed by atoms with van der Waals surface area (Å²) in [6.45, 7) is 4.09. The Hall–Kier alpha value is -1.67. The maximum atomic E-state index is 6.06. The van der Waals surface area contributed by atoms with E-state index >= 15 is 0 Å². The number of anilines is 1. The minimum Gasteiger partial charge on any atom is -0.496 e. The molecular weight excluding hydrogens is 246 g/mol. The van der Waals surface area contributed by atoms with Crippen LogP contribution in [-0.2, 0) is 0 Å². The van der Waals surface area contributed by atoms with Crippen LogP contribution in [-0.4, -0.2) is 7.11 Å². The van der Waals surface area contributed by atoms with E-state index in [1.165, 1.54) is 0 Å². The average Bonchev–Trinajstić information content (AvgIpc) is 2.35. The van der Waals surface area contributed by atoms with Crippen LogP contribution in [0.2, 0.25) is 5.02 Å². The Bertz CT molecular complexity index is 593. The van der Waals surface area contributed by atoms with E-state index in [1.54, 1.807) is 7.11 Å². The number of methoxy groups -OCH3 is 1. The van der Waals surface area contributed by atoms with Crippen molar-refractivity contribution in [2.75, 3.05) is 12.8 Å². The smallest absolute Gasteiger partial charge is 0.122 e.